The molecule has 1 unspecified atom stereocenters. The van der Waals surface area contributed by atoms with E-state index in [4.69, 9.17) is 10.6 Å². The van der Waals surface area contributed by atoms with Crippen molar-refractivity contribution in [1.29, 1.82) is 0 Å². The maximum Gasteiger partial charge on any atom is 0.200 e. The van der Waals surface area contributed by atoms with Crippen molar-refractivity contribution >= 4 is 5.78 Å². The third-order valence-corrected chi connectivity index (χ3v) is 3.34. The molecule has 0 aliphatic heterocycles. The standard InChI is InChI=1S/C18H24N4O3/c1-18(2,3)25-22-15(10-12-4-6-13(23)7-5-12)17(24)14-8-9-20-16(11-19)21-14/h4-9,15,22-23H,10-11,19H2,1-3H3. The highest BCUT2D eigenvalue weighted by atomic mass is 16.7. The van der Waals surface area contributed by atoms with Gasteiger partial charge in [0.1, 0.15) is 23.3 Å². The molecule has 7 heteroatoms. The number of nitrogens with one attached hydrogen (secondary N) is 1. The summed E-state index contributed by atoms with van der Waals surface area (Å²) < 4.78 is 0. The van der Waals surface area contributed by atoms with Gasteiger partial charge in [0.2, 0.25) is 5.78 Å². The van der Waals surface area contributed by atoms with Gasteiger partial charge in [-0.15, -0.1) is 0 Å². The summed E-state index contributed by atoms with van der Waals surface area (Å²) in [5.41, 5.74) is 9.11. The summed E-state index contributed by atoms with van der Waals surface area (Å²) in [6.45, 7) is 5.83. The molecule has 2 rings (SSSR count). The fourth-order valence-corrected chi connectivity index (χ4v) is 2.12. The first-order chi connectivity index (χ1) is 11.8. The molecule has 1 atom stereocenters. The van der Waals surface area contributed by atoms with E-state index in [0.717, 1.165) is 5.56 Å². The Kier molecular flexibility index (Phi) is 6.19. The van der Waals surface area contributed by atoms with E-state index in [-0.39, 0.29) is 23.8 Å². The van der Waals surface area contributed by atoms with E-state index < -0.39 is 11.6 Å². The van der Waals surface area contributed by atoms with Gasteiger partial charge in [0, 0.05) is 6.20 Å². The van der Waals surface area contributed by atoms with Crippen LogP contribution in [0.15, 0.2) is 36.5 Å². The normalized spacial score (nSPS) is 12.8. The summed E-state index contributed by atoms with van der Waals surface area (Å²) >= 11 is 0. The number of phenols is 1. The fraction of sp³-hybridized carbons (Fsp3) is 0.389. The second-order valence-electron chi connectivity index (χ2n) is 6.68. The number of nitrogens with zero attached hydrogens (tertiary/aromatic N) is 2. The molecular weight excluding hydrogens is 320 g/mol. The first-order valence-electron chi connectivity index (χ1n) is 8.06. The predicted octanol–water partition coefficient (Wildman–Crippen LogP) is 1.75. The SMILES string of the molecule is CC(C)(C)ONC(Cc1ccc(O)cc1)C(=O)c1ccnc(CN)n1. The molecule has 2 aromatic rings. The van der Waals surface area contributed by atoms with E-state index in [1.54, 1.807) is 30.3 Å². The van der Waals surface area contributed by atoms with Crippen LogP contribution in [-0.2, 0) is 17.8 Å². The van der Waals surface area contributed by atoms with Crippen molar-refractivity contribution in [3.05, 3.63) is 53.6 Å². The summed E-state index contributed by atoms with van der Waals surface area (Å²) in [7, 11) is 0. The number of carbonyl (C=O) groups is 1. The number of nitrogens with two attached hydrogens (primary N) is 1. The molecule has 0 amide bonds. The van der Waals surface area contributed by atoms with Gasteiger partial charge in [-0.3, -0.25) is 9.63 Å². The van der Waals surface area contributed by atoms with Gasteiger partial charge in [-0.2, -0.15) is 5.48 Å². The van der Waals surface area contributed by atoms with E-state index in [0.29, 0.717) is 12.2 Å². The lowest BCUT2D eigenvalue weighted by Gasteiger charge is -2.24. The Labute approximate surface area is 147 Å². The van der Waals surface area contributed by atoms with Crippen molar-refractivity contribution in [2.24, 2.45) is 5.73 Å². The summed E-state index contributed by atoms with van der Waals surface area (Å²) in [5, 5.41) is 9.41. The van der Waals surface area contributed by atoms with Crippen molar-refractivity contribution in [1.82, 2.24) is 15.4 Å². The number of Topliss-reactive ketones (excluding diaryl/α,β-unsaturated/α-hetero) is 1. The Morgan fingerprint density at radius 1 is 1.28 bits per heavy atom. The van der Waals surface area contributed by atoms with Gasteiger partial charge in [0.15, 0.2) is 0 Å². The van der Waals surface area contributed by atoms with Gasteiger partial charge in [0.05, 0.1) is 12.1 Å². The molecule has 0 saturated heterocycles. The summed E-state index contributed by atoms with van der Waals surface area (Å²) in [5.74, 6) is 0.370. The van der Waals surface area contributed by atoms with E-state index in [1.807, 2.05) is 20.8 Å². The number of rotatable bonds is 7. The van der Waals surface area contributed by atoms with Crippen molar-refractivity contribution in [3.63, 3.8) is 0 Å². The summed E-state index contributed by atoms with van der Waals surface area (Å²) in [6.07, 6.45) is 1.90. The molecular formula is C18H24N4O3. The van der Waals surface area contributed by atoms with Gasteiger partial charge >= 0.3 is 0 Å². The smallest absolute Gasteiger partial charge is 0.200 e. The average molecular weight is 344 g/mol. The van der Waals surface area contributed by atoms with Crippen LogP contribution < -0.4 is 11.2 Å². The number of aromatic nitrogens is 2. The molecule has 1 aromatic carbocycles. The van der Waals surface area contributed by atoms with Crippen LogP contribution >= 0.6 is 0 Å². The van der Waals surface area contributed by atoms with E-state index in [1.165, 1.54) is 6.20 Å². The van der Waals surface area contributed by atoms with Gasteiger partial charge in [0.25, 0.3) is 0 Å². The maximum absolute atomic E-state index is 12.9. The molecule has 1 aromatic heterocycles. The van der Waals surface area contributed by atoms with Crippen molar-refractivity contribution in [2.75, 3.05) is 0 Å². The maximum atomic E-state index is 12.9. The van der Waals surface area contributed by atoms with E-state index in [2.05, 4.69) is 15.4 Å². The highest BCUT2D eigenvalue weighted by molar-refractivity contribution is 5.98. The highest BCUT2D eigenvalue weighted by Gasteiger charge is 2.24. The second-order valence-corrected chi connectivity index (χ2v) is 6.68. The molecule has 0 aliphatic rings. The molecule has 4 N–H and O–H groups in total. The molecule has 0 radical (unpaired) electrons. The Bertz CT molecular complexity index is 711. The first kappa shape index (κ1) is 19.0. The lowest BCUT2D eigenvalue weighted by molar-refractivity contribution is -0.0829. The van der Waals surface area contributed by atoms with Crippen LogP contribution in [0.25, 0.3) is 0 Å². The van der Waals surface area contributed by atoms with Crippen LogP contribution in [0.5, 0.6) is 5.75 Å². The van der Waals surface area contributed by atoms with Crippen LogP contribution in [0.2, 0.25) is 0 Å². The number of aromatic hydroxyl groups is 1. The number of hydrogen-bond acceptors (Lipinski definition) is 7. The third kappa shape index (κ3) is 5.90. The Morgan fingerprint density at radius 2 is 1.96 bits per heavy atom. The number of hydrogen-bond donors (Lipinski definition) is 3. The zero-order valence-corrected chi connectivity index (χ0v) is 14.7. The molecule has 7 nitrogen and oxygen atoms in total. The molecule has 134 valence electrons. The van der Waals surface area contributed by atoms with Crippen LogP contribution in [0.1, 0.15) is 42.6 Å². The number of phenolic OH excluding ortho intramolecular Hbond substituents is 1. The average Bonchev–Trinajstić information content (AvgIpc) is 2.59. The fourth-order valence-electron chi connectivity index (χ4n) is 2.12. The van der Waals surface area contributed by atoms with Crippen LogP contribution in [0, 0.1) is 0 Å². The second kappa shape index (κ2) is 8.15. The monoisotopic (exact) mass is 344 g/mol. The largest absolute Gasteiger partial charge is 0.508 e. The molecule has 1 heterocycles. The predicted molar refractivity (Wildman–Crippen MR) is 93.8 cm³/mol. The Hall–Kier alpha value is -2.35. The lowest BCUT2D eigenvalue weighted by Crippen LogP contribution is -2.43. The minimum Gasteiger partial charge on any atom is -0.508 e. The number of hydroxylamine groups is 1. The molecule has 25 heavy (non-hydrogen) atoms. The molecule has 0 bridgehead atoms. The highest BCUT2D eigenvalue weighted by Crippen LogP contribution is 2.14. The van der Waals surface area contributed by atoms with E-state index in [9.17, 15) is 9.90 Å². The number of benzene rings is 1. The lowest BCUT2D eigenvalue weighted by atomic mass is 10.0. The van der Waals surface area contributed by atoms with E-state index >= 15 is 0 Å². The van der Waals surface area contributed by atoms with Crippen LogP contribution in [0.3, 0.4) is 0 Å². The summed E-state index contributed by atoms with van der Waals surface area (Å²) in [4.78, 5) is 26.7. The first-order valence-corrected chi connectivity index (χ1v) is 8.06. The van der Waals surface area contributed by atoms with Gasteiger partial charge in [-0.25, -0.2) is 9.97 Å². The van der Waals surface area contributed by atoms with Crippen molar-refractivity contribution in [3.8, 4) is 5.75 Å². The van der Waals surface area contributed by atoms with Crippen molar-refractivity contribution < 1.29 is 14.7 Å². The number of ketones is 1. The van der Waals surface area contributed by atoms with Crippen molar-refractivity contribution in [2.45, 2.75) is 45.4 Å². The molecule has 0 spiro atoms. The zero-order valence-electron chi connectivity index (χ0n) is 14.7. The molecule has 0 fully saturated rings. The number of carbonyl (C=O) groups excluding carboxylic acids is 1. The third-order valence-electron chi connectivity index (χ3n) is 3.34. The Balaban J connectivity index is 2.22. The minimum atomic E-state index is -0.635. The van der Waals surface area contributed by atoms with Crippen LogP contribution in [-0.4, -0.2) is 32.5 Å². The van der Waals surface area contributed by atoms with Crippen LogP contribution in [0.4, 0.5) is 0 Å². The summed E-state index contributed by atoms with van der Waals surface area (Å²) in [6, 6.07) is 7.62. The van der Waals surface area contributed by atoms with Gasteiger partial charge < -0.3 is 10.8 Å². The Morgan fingerprint density at radius 3 is 2.56 bits per heavy atom. The molecule has 0 aliphatic carbocycles. The van der Waals surface area contributed by atoms with Gasteiger partial charge in [-0.05, 0) is 51.0 Å². The minimum absolute atomic E-state index is 0.162. The topological polar surface area (TPSA) is 110 Å². The molecule has 0 saturated carbocycles. The quantitative estimate of drug-likeness (QED) is 0.518. The van der Waals surface area contributed by atoms with Gasteiger partial charge in [-0.1, -0.05) is 12.1 Å². The zero-order chi connectivity index (χ0) is 18.4.